The second-order valence-corrected chi connectivity index (χ2v) is 5.62. The van der Waals surface area contributed by atoms with Gasteiger partial charge in [-0.2, -0.15) is 0 Å². The molecule has 0 saturated carbocycles. The van der Waals surface area contributed by atoms with E-state index in [1.165, 1.54) is 0 Å². The van der Waals surface area contributed by atoms with Gasteiger partial charge in [0.25, 0.3) is 0 Å². The van der Waals surface area contributed by atoms with E-state index in [4.69, 9.17) is 4.74 Å². The first-order valence-electron chi connectivity index (χ1n) is 6.80. The van der Waals surface area contributed by atoms with Crippen LogP contribution in [-0.4, -0.2) is 41.3 Å². The summed E-state index contributed by atoms with van der Waals surface area (Å²) in [7, 11) is 0. The molecule has 0 aromatic carbocycles. The fourth-order valence-electron chi connectivity index (χ4n) is 2.09. The van der Waals surface area contributed by atoms with Crippen LogP contribution < -0.4 is 10.2 Å². The fraction of sp³-hybridized carbons (Fsp3) is 0.357. The summed E-state index contributed by atoms with van der Waals surface area (Å²) in [5.74, 6) is 1.61. The molecule has 3 rings (SSSR count). The number of hydrogen-bond donors (Lipinski definition) is 1. The number of rotatable bonds is 4. The standard InChI is InChI=1S/C14H16BrN5O/c15-12-9-18-14(19-10-12)17-8-11-1-2-13(16-7-11)20-3-5-21-6-4-20/h1-2,7,9-10H,3-6,8H2,(H,17,18,19). The Morgan fingerprint density at radius 3 is 2.52 bits per heavy atom. The van der Waals surface area contributed by atoms with Crippen molar-refractivity contribution in [2.45, 2.75) is 6.54 Å². The van der Waals surface area contributed by atoms with E-state index in [1.54, 1.807) is 12.4 Å². The van der Waals surface area contributed by atoms with Gasteiger partial charge < -0.3 is 15.0 Å². The first-order chi connectivity index (χ1) is 10.3. The molecule has 2 aromatic rings. The first-order valence-corrected chi connectivity index (χ1v) is 7.59. The number of morpholine rings is 1. The maximum Gasteiger partial charge on any atom is 0.222 e. The second-order valence-electron chi connectivity index (χ2n) is 4.70. The molecule has 0 unspecified atom stereocenters. The lowest BCUT2D eigenvalue weighted by Gasteiger charge is -2.27. The lowest BCUT2D eigenvalue weighted by Crippen LogP contribution is -2.36. The molecule has 21 heavy (non-hydrogen) atoms. The van der Waals surface area contributed by atoms with Crippen LogP contribution in [0.4, 0.5) is 11.8 Å². The van der Waals surface area contributed by atoms with Crippen molar-refractivity contribution in [2.75, 3.05) is 36.5 Å². The largest absolute Gasteiger partial charge is 0.378 e. The predicted molar refractivity (Wildman–Crippen MR) is 84.3 cm³/mol. The lowest BCUT2D eigenvalue weighted by atomic mass is 10.2. The Morgan fingerprint density at radius 2 is 1.86 bits per heavy atom. The zero-order chi connectivity index (χ0) is 14.5. The molecule has 0 aliphatic carbocycles. The Hall–Kier alpha value is -1.73. The SMILES string of the molecule is Brc1cnc(NCc2ccc(N3CCOCC3)nc2)nc1. The number of pyridine rings is 1. The minimum Gasteiger partial charge on any atom is -0.378 e. The molecule has 3 heterocycles. The van der Waals surface area contributed by atoms with E-state index in [1.807, 2.05) is 12.3 Å². The minimum atomic E-state index is 0.607. The van der Waals surface area contributed by atoms with Crippen LogP contribution in [0.3, 0.4) is 0 Å². The molecule has 6 nitrogen and oxygen atoms in total. The van der Waals surface area contributed by atoms with Crippen LogP contribution in [0.25, 0.3) is 0 Å². The van der Waals surface area contributed by atoms with Gasteiger partial charge in [0.05, 0.1) is 17.7 Å². The normalized spacial score (nSPS) is 15.0. The van der Waals surface area contributed by atoms with Gasteiger partial charge in [-0.15, -0.1) is 0 Å². The van der Waals surface area contributed by atoms with Crippen LogP contribution in [0.5, 0.6) is 0 Å². The van der Waals surface area contributed by atoms with Gasteiger partial charge >= 0.3 is 0 Å². The van der Waals surface area contributed by atoms with Crippen molar-refractivity contribution < 1.29 is 4.74 Å². The van der Waals surface area contributed by atoms with Crippen molar-refractivity contribution in [3.8, 4) is 0 Å². The lowest BCUT2D eigenvalue weighted by molar-refractivity contribution is 0.122. The van der Waals surface area contributed by atoms with E-state index < -0.39 is 0 Å². The number of hydrogen-bond acceptors (Lipinski definition) is 6. The molecule has 0 radical (unpaired) electrons. The molecule has 1 saturated heterocycles. The number of ether oxygens (including phenoxy) is 1. The van der Waals surface area contributed by atoms with Gasteiger partial charge in [0.2, 0.25) is 5.95 Å². The summed E-state index contributed by atoms with van der Waals surface area (Å²) < 4.78 is 6.21. The van der Waals surface area contributed by atoms with Crippen molar-refractivity contribution in [1.29, 1.82) is 0 Å². The van der Waals surface area contributed by atoms with Gasteiger partial charge in [-0.1, -0.05) is 6.07 Å². The third-order valence-corrected chi connectivity index (χ3v) is 3.62. The zero-order valence-corrected chi connectivity index (χ0v) is 13.1. The molecule has 1 fully saturated rings. The maximum absolute atomic E-state index is 5.34. The Morgan fingerprint density at radius 1 is 1.10 bits per heavy atom. The predicted octanol–water partition coefficient (Wildman–Crippen LogP) is 2.08. The smallest absolute Gasteiger partial charge is 0.222 e. The molecule has 0 spiro atoms. The zero-order valence-electron chi connectivity index (χ0n) is 11.5. The number of halogens is 1. The van der Waals surface area contributed by atoms with Crippen molar-refractivity contribution >= 4 is 27.7 Å². The topological polar surface area (TPSA) is 63.2 Å². The van der Waals surface area contributed by atoms with E-state index in [0.29, 0.717) is 12.5 Å². The number of nitrogens with zero attached hydrogens (tertiary/aromatic N) is 4. The van der Waals surface area contributed by atoms with Gasteiger partial charge in [-0.25, -0.2) is 15.0 Å². The summed E-state index contributed by atoms with van der Waals surface area (Å²) in [4.78, 5) is 15.1. The van der Waals surface area contributed by atoms with Crippen molar-refractivity contribution in [3.05, 3.63) is 40.8 Å². The molecule has 0 bridgehead atoms. The average Bonchev–Trinajstić information content (AvgIpc) is 2.56. The Kier molecular flexibility index (Phi) is 4.62. The van der Waals surface area contributed by atoms with E-state index in [2.05, 4.69) is 47.2 Å². The number of anilines is 2. The average molecular weight is 350 g/mol. The van der Waals surface area contributed by atoms with E-state index in [0.717, 1.165) is 42.2 Å². The highest BCUT2D eigenvalue weighted by atomic mass is 79.9. The van der Waals surface area contributed by atoms with Crippen molar-refractivity contribution in [3.63, 3.8) is 0 Å². The quantitative estimate of drug-likeness (QED) is 0.911. The Balaban J connectivity index is 1.57. The van der Waals surface area contributed by atoms with Gasteiger partial charge in [-0.3, -0.25) is 0 Å². The number of aromatic nitrogens is 3. The first kappa shape index (κ1) is 14.2. The molecule has 0 amide bonds. The van der Waals surface area contributed by atoms with Crippen molar-refractivity contribution in [2.24, 2.45) is 0 Å². The van der Waals surface area contributed by atoms with Crippen LogP contribution >= 0.6 is 15.9 Å². The summed E-state index contributed by atoms with van der Waals surface area (Å²) in [6.45, 7) is 3.99. The maximum atomic E-state index is 5.34. The van der Waals surface area contributed by atoms with Gasteiger partial charge in [0.1, 0.15) is 5.82 Å². The molecule has 1 aliphatic heterocycles. The summed E-state index contributed by atoms with van der Waals surface area (Å²) in [5, 5.41) is 3.17. The summed E-state index contributed by atoms with van der Waals surface area (Å²) in [6.07, 6.45) is 5.32. The second kappa shape index (κ2) is 6.82. The van der Waals surface area contributed by atoms with Crippen LogP contribution in [0.15, 0.2) is 35.2 Å². The van der Waals surface area contributed by atoms with E-state index in [-0.39, 0.29) is 0 Å². The third kappa shape index (κ3) is 3.89. The highest BCUT2D eigenvalue weighted by Crippen LogP contribution is 2.14. The molecular weight excluding hydrogens is 334 g/mol. The van der Waals surface area contributed by atoms with E-state index in [9.17, 15) is 0 Å². The molecule has 1 N–H and O–H groups in total. The number of nitrogens with one attached hydrogen (secondary N) is 1. The van der Waals surface area contributed by atoms with Crippen LogP contribution in [0, 0.1) is 0 Å². The molecule has 0 atom stereocenters. The van der Waals surface area contributed by atoms with Crippen LogP contribution in [0.1, 0.15) is 5.56 Å². The molecular formula is C14H16BrN5O. The summed E-state index contributed by atoms with van der Waals surface area (Å²) in [5.41, 5.74) is 1.10. The fourth-order valence-corrected chi connectivity index (χ4v) is 2.29. The van der Waals surface area contributed by atoms with Crippen LogP contribution in [-0.2, 0) is 11.3 Å². The van der Waals surface area contributed by atoms with Crippen molar-refractivity contribution in [1.82, 2.24) is 15.0 Å². The molecule has 110 valence electrons. The monoisotopic (exact) mass is 349 g/mol. The van der Waals surface area contributed by atoms with Gasteiger partial charge in [-0.05, 0) is 27.6 Å². The summed E-state index contributed by atoms with van der Waals surface area (Å²) in [6, 6.07) is 4.12. The molecule has 1 aliphatic rings. The molecule has 7 heteroatoms. The van der Waals surface area contributed by atoms with Gasteiger partial charge in [0.15, 0.2) is 0 Å². The highest BCUT2D eigenvalue weighted by Gasteiger charge is 2.11. The minimum absolute atomic E-state index is 0.607. The van der Waals surface area contributed by atoms with Gasteiger partial charge in [0, 0.05) is 38.2 Å². The van der Waals surface area contributed by atoms with Crippen LogP contribution in [0.2, 0.25) is 0 Å². The highest BCUT2D eigenvalue weighted by molar-refractivity contribution is 9.10. The van der Waals surface area contributed by atoms with E-state index >= 15 is 0 Å². The Labute approximate surface area is 131 Å². The summed E-state index contributed by atoms with van der Waals surface area (Å²) >= 11 is 3.31. The molecule has 2 aromatic heterocycles. The Bertz CT molecular complexity index is 569. The third-order valence-electron chi connectivity index (χ3n) is 3.22.